The second-order valence-corrected chi connectivity index (χ2v) is 5.98. The molecule has 2 aliphatic heterocycles. The molecule has 1 saturated carbocycles. The van der Waals surface area contributed by atoms with Gasteiger partial charge in [0.25, 0.3) is 0 Å². The number of hydrogen-bond donors (Lipinski definition) is 1. The molecule has 1 fully saturated rings. The zero-order valence-corrected chi connectivity index (χ0v) is 11.3. The average molecular weight is 259 g/mol. The molecular formula is C16H21NO2. The van der Waals surface area contributed by atoms with Crippen LogP contribution >= 0.6 is 0 Å². The Morgan fingerprint density at radius 2 is 1.74 bits per heavy atom. The monoisotopic (exact) mass is 259 g/mol. The zero-order chi connectivity index (χ0) is 12.7. The van der Waals surface area contributed by atoms with E-state index in [4.69, 9.17) is 9.47 Å². The summed E-state index contributed by atoms with van der Waals surface area (Å²) in [6.45, 7) is 3.44. The third-order valence-corrected chi connectivity index (χ3v) is 4.85. The molecular weight excluding hydrogens is 238 g/mol. The van der Waals surface area contributed by atoms with Gasteiger partial charge in [0.1, 0.15) is 13.2 Å². The maximum absolute atomic E-state index is 5.76. The van der Waals surface area contributed by atoms with Crippen molar-refractivity contribution in [1.82, 2.24) is 5.32 Å². The quantitative estimate of drug-likeness (QED) is 0.841. The van der Waals surface area contributed by atoms with Crippen molar-refractivity contribution in [2.45, 2.75) is 38.1 Å². The Balaban J connectivity index is 1.72. The molecule has 19 heavy (non-hydrogen) atoms. The van der Waals surface area contributed by atoms with E-state index in [1.54, 1.807) is 0 Å². The van der Waals surface area contributed by atoms with Gasteiger partial charge in [-0.25, -0.2) is 0 Å². The van der Waals surface area contributed by atoms with E-state index in [1.807, 2.05) is 0 Å². The highest BCUT2D eigenvalue weighted by Gasteiger charge is 2.31. The number of fused-ring (bicyclic) bond motifs is 2. The van der Waals surface area contributed by atoms with Gasteiger partial charge in [-0.1, -0.05) is 12.8 Å². The van der Waals surface area contributed by atoms with E-state index in [9.17, 15) is 0 Å². The molecule has 1 aromatic rings. The third kappa shape index (κ3) is 2.00. The number of ether oxygens (including phenoxy) is 2. The topological polar surface area (TPSA) is 30.5 Å². The molecule has 0 saturated heterocycles. The van der Waals surface area contributed by atoms with Crippen molar-refractivity contribution in [3.05, 3.63) is 23.3 Å². The first kappa shape index (κ1) is 11.6. The van der Waals surface area contributed by atoms with Crippen molar-refractivity contribution >= 4 is 0 Å². The molecule has 1 aromatic carbocycles. The van der Waals surface area contributed by atoms with Gasteiger partial charge in [-0.15, -0.1) is 0 Å². The van der Waals surface area contributed by atoms with Crippen LogP contribution in [0.15, 0.2) is 12.1 Å². The highest BCUT2D eigenvalue weighted by atomic mass is 16.6. The largest absolute Gasteiger partial charge is 0.486 e. The summed E-state index contributed by atoms with van der Waals surface area (Å²) in [7, 11) is 0. The van der Waals surface area contributed by atoms with Crippen LogP contribution in [0.4, 0.5) is 0 Å². The third-order valence-electron chi connectivity index (χ3n) is 4.85. The highest BCUT2D eigenvalue weighted by molar-refractivity contribution is 5.50. The number of nitrogens with one attached hydrogen (secondary N) is 1. The molecule has 0 radical (unpaired) electrons. The predicted molar refractivity (Wildman–Crippen MR) is 73.8 cm³/mol. The fourth-order valence-corrected chi connectivity index (χ4v) is 3.90. The molecule has 1 N–H and O–H groups in total. The molecule has 3 heteroatoms. The van der Waals surface area contributed by atoms with Gasteiger partial charge in [0.05, 0.1) is 0 Å². The van der Waals surface area contributed by atoms with Gasteiger partial charge in [-0.3, -0.25) is 0 Å². The Bertz CT molecular complexity index is 480. The molecule has 1 unspecified atom stereocenters. The summed E-state index contributed by atoms with van der Waals surface area (Å²) in [5.41, 5.74) is 2.92. The van der Waals surface area contributed by atoms with Crippen LogP contribution in [0.25, 0.3) is 0 Å². The first-order valence-corrected chi connectivity index (χ1v) is 7.55. The standard InChI is InChI=1S/C16H21NO2/c1-2-4-11(3-1)14-10-17-9-12-7-15-16(8-13(12)14)19-6-5-18-15/h7-8,11,14,17H,1-6,9-10H2. The second kappa shape index (κ2) is 4.71. The number of hydrogen-bond acceptors (Lipinski definition) is 3. The first-order valence-electron chi connectivity index (χ1n) is 7.55. The van der Waals surface area contributed by atoms with Gasteiger partial charge >= 0.3 is 0 Å². The van der Waals surface area contributed by atoms with E-state index >= 15 is 0 Å². The molecule has 102 valence electrons. The van der Waals surface area contributed by atoms with E-state index in [0.29, 0.717) is 19.1 Å². The zero-order valence-electron chi connectivity index (χ0n) is 11.3. The molecule has 1 atom stereocenters. The fraction of sp³-hybridized carbons (Fsp3) is 0.625. The van der Waals surface area contributed by atoms with Crippen molar-refractivity contribution in [1.29, 1.82) is 0 Å². The van der Waals surface area contributed by atoms with Crippen molar-refractivity contribution in [2.75, 3.05) is 19.8 Å². The van der Waals surface area contributed by atoms with Crippen LogP contribution in [-0.2, 0) is 6.54 Å². The van der Waals surface area contributed by atoms with E-state index in [1.165, 1.54) is 36.8 Å². The molecule has 0 spiro atoms. The van der Waals surface area contributed by atoms with Gasteiger partial charge in [-0.2, -0.15) is 0 Å². The van der Waals surface area contributed by atoms with E-state index < -0.39 is 0 Å². The highest BCUT2D eigenvalue weighted by Crippen LogP contribution is 2.43. The minimum atomic E-state index is 0.669. The van der Waals surface area contributed by atoms with Crippen LogP contribution in [0.3, 0.4) is 0 Å². The van der Waals surface area contributed by atoms with Crippen LogP contribution in [0.5, 0.6) is 11.5 Å². The lowest BCUT2D eigenvalue weighted by Crippen LogP contribution is -2.32. The van der Waals surface area contributed by atoms with Crippen molar-refractivity contribution in [2.24, 2.45) is 5.92 Å². The van der Waals surface area contributed by atoms with Gasteiger partial charge in [0, 0.05) is 13.1 Å². The minimum Gasteiger partial charge on any atom is -0.486 e. The van der Waals surface area contributed by atoms with Crippen molar-refractivity contribution < 1.29 is 9.47 Å². The average Bonchev–Trinajstić information content (AvgIpc) is 2.98. The maximum atomic E-state index is 5.76. The van der Waals surface area contributed by atoms with E-state index in [-0.39, 0.29) is 0 Å². The van der Waals surface area contributed by atoms with Gasteiger partial charge in [-0.05, 0) is 47.9 Å². The predicted octanol–water partition coefficient (Wildman–Crippen LogP) is 2.83. The van der Waals surface area contributed by atoms with Crippen LogP contribution in [0.1, 0.15) is 42.7 Å². The molecule has 0 amide bonds. The van der Waals surface area contributed by atoms with Crippen LogP contribution in [-0.4, -0.2) is 19.8 Å². The Hall–Kier alpha value is -1.22. The smallest absolute Gasteiger partial charge is 0.161 e. The molecule has 0 bridgehead atoms. The minimum absolute atomic E-state index is 0.669. The molecule has 4 rings (SSSR count). The van der Waals surface area contributed by atoms with Crippen LogP contribution < -0.4 is 14.8 Å². The number of rotatable bonds is 1. The lowest BCUT2D eigenvalue weighted by atomic mass is 9.80. The lowest BCUT2D eigenvalue weighted by molar-refractivity contribution is 0.170. The van der Waals surface area contributed by atoms with Crippen LogP contribution in [0.2, 0.25) is 0 Å². The Kier molecular flexibility index (Phi) is 2.87. The Labute approximate surface area is 114 Å². The first-order chi connectivity index (χ1) is 9.42. The van der Waals surface area contributed by atoms with Crippen molar-refractivity contribution in [3.8, 4) is 11.5 Å². The number of benzene rings is 1. The second-order valence-electron chi connectivity index (χ2n) is 5.98. The summed E-state index contributed by atoms with van der Waals surface area (Å²) < 4.78 is 11.5. The van der Waals surface area contributed by atoms with E-state index in [0.717, 1.165) is 30.5 Å². The normalized spacial score (nSPS) is 26.2. The van der Waals surface area contributed by atoms with Crippen LogP contribution in [0, 0.1) is 5.92 Å². The SMILES string of the molecule is c1c2c(cc3c1OCCO3)C(C1CCCC1)CNC2. The Morgan fingerprint density at radius 1 is 1.00 bits per heavy atom. The lowest BCUT2D eigenvalue weighted by Gasteiger charge is -2.32. The maximum Gasteiger partial charge on any atom is 0.161 e. The summed E-state index contributed by atoms with van der Waals surface area (Å²) in [6.07, 6.45) is 5.59. The summed E-state index contributed by atoms with van der Waals surface area (Å²) in [5.74, 6) is 3.41. The molecule has 3 nitrogen and oxygen atoms in total. The molecule has 0 aromatic heterocycles. The molecule has 3 aliphatic rings. The van der Waals surface area contributed by atoms with Crippen molar-refractivity contribution in [3.63, 3.8) is 0 Å². The Morgan fingerprint density at radius 3 is 2.53 bits per heavy atom. The van der Waals surface area contributed by atoms with Gasteiger partial charge in [0.15, 0.2) is 11.5 Å². The van der Waals surface area contributed by atoms with Gasteiger partial charge in [0.2, 0.25) is 0 Å². The summed E-state index contributed by atoms with van der Waals surface area (Å²) in [4.78, 5) is 0. The van der Waals surface area contributed by atoms with Gasteiger partial charge < -0.3 is 14.8 Å². The summed E-state index contributed by atoms with van der Waals surface area (Å²) >= 11 is 0. The van der Waals surface area contributed by atoms with E-state index in [2.05, 4.69) is 17.4 Å². The summed E-state index contributed by atoms with van der Waals surface area (Å²) in [6, 6.07) is 4.45. The fourth-order valence-electron chi connectivity index (χ4n) is 3.90. The summed E-state index contributed by atoms with van der Waals surface area (Å²) in [5, 5.41) is 3.58. The molecule has 2 heterocycles. The molecule has 1 aliphatic carbocycles.